The Morgan fingerprint density at radius 2 is 2.27 bits per heavy atom. The van der Waals surface area contributed by atoms with Crippen molar-refractivity contribution < 1.29 is 9.18 Å². The molecule has 0 fully saturated rings. The zero-order valence-electron chi connectivity index (χ0n) is 7.41. The van der Waals surface area contributed by atoms with Gasteiger partial charge in [0.25, 0.3) is 0 Å². The zero-order chi connectivity index (χ0) is 10.8. The van der Waals surface area contributed by atoms with Gasteiger partial charge >= 0.3 is 0 Å². The van der Waals surface area contributed by atoms with Crippen molar-refractivity contribution in [3.8, 4) is 0 Å². The Bertz CT molecular complexity index is 498. The Labute approximate surface area is 94.3 Å². The minimum absolute atomic E-state index is 0.00527. The third kappa shape index (κ3) is 2.06. The second-order valence-corrected chi connectivity index (χ2v) is 4.10. The molecule has 0 saturated heterocycles. The van der Waals surface area contributed by atoms with Gasteiger partial charge in [-0.2, -0.15) is 0 Å². The number of thiazole rings is 1. The van der Waals surface area contributed by atoms with Crippen LogP contribution in [0.1, 0.15) is 15.4 Å². The van der Waals surface area contributed by atoms with Crippen molar-refractivity contribution in [1.82, 2.24) is 4.98 Å². The molecular weight excluding hydrogens is 237 g/mol. The van der Waals surface area contributed by atoms with Crippen LogP contribution >= 0.6 is 22.9 Å². The van der Waals surface area contributed by atoms with Gasteiger partial charge in [-0.05, 0) is 18.2 Å². The number of rotatable bonds is 2. The summed E-state index contributed by atoms with van der Waals surface area (Å²) < 4.78 is 13.1. The van der Waals surface area contributed by atoms with Crippen LogP contribution in [0.15, 0.2) is 29.8 Å². The van der Waals surface area contributed by atoms with Crippen molar-refractivity contribution >= 4 is 28.7 Å². The third-order valence-electron chi connectivity index (χ3n) is 1.81. The number of carbonyl (C=O) groups excluding carboxylic acids is 1. The number of hydrogen-bond donors (Lipinski definition) is 0. The van der Waals surface area contributed by atoms with Crippen LogP contribution in [0.5, 0.6) is 0 Å². The first-order valence-corrected chi connectivity index (χ1v) is 5.33. The Hall–Kier alpha value is -1.26. The maximum atomic E-state index is 13.1. The SMILES string of the molecule is O=C(c1ccc(Cl)c(F)c1)c1nccs1. The van der Waals surface area contributed by atoms with Gasteiger partial charge in [-0.3, -0.25) is 4.79 Å². The Kier molecular flexibility index (Phi) is 2.79. The molecule has 0 aliphatic carbocycles. The van der Waals surface area contributed by atoms with E-state index in [0.29, 0.717) is 5.01 Å². The van der Waals surface area contributed by atoms with Gasteiger partial charge in [-0.25, -0.2) is 9.37 Å². The van der Waals surface area contributed by atoms with Crippen LogP contribution in [0.3, 0.4) is 0 Å². The molecule has 0 amide bonds. The normalized spacial score (nSPS) is 10.3. The van der Waals surface area contributed by atoms with Gasteiger partial charge in [-0.15, -0.1) is 11.3 Å². The molecule has 2 nitrogen and oxygen atoms in total. The molecule has 15 heavy (non-hydrogen) atoms. The molecule has 0 N–H and O–H groups in total. The Morgan fingerprint density at radius 1 is 1.47 bits per heavy atom. The summed E-state index contributed by atoms with van der Waals surface area (Å²) in [5.41, 5.74) is 0.256. The monoisotopic (exact) mass is 241 g/mol. The number of nitrogens with zero attached hydrogens (tertiary/aromatic N) is 1. The molecule has 2 rings (SSSR count). The fraction of sp³-hybridized carbons (Fsp3) is 0. The molecule has 0 saturated carbocycles. The minimum Gasteiger partial charge on any atom is -0.286 e. The molecule has 2 aromatic rings. The quantitative estimate of drug-likeness (QED) is 0.756. The topological polar surface area (TPSA) is 30.0 Å². The molecule has 0 aliphatic heterocycles. The van der Waals surface area contributed by atoms with E-state index >= 15 is 0 Å². The molecule has 0 atom stereocenters. The van der Waals surface area contributed by atoms with Crippen molar-refractivity contribution in [2.45, 2.75) is 0 Å². The summed E-state index contributed by atoms with van der Waals surface area (Å²) in [6.07, 6.45) is 1.53. The zero-order valence-corrected chi connectivity index (χ0v) is 8.98. The summed E-state index contributed by atoms with van der Waals surface area (Å²) in [4.78, 5) is 15.6. The molecular formula is C10H5ClFNOS. The largest absolute Gasteiger partial charge is 0.286 e. The van der Waals surface area contributed by atoms with Crippen LogP contribution < -0.4 is 0 Å². The standard InChI is InChI=1S/C10H5ClFNOS/c11-7-2-1-6(5-8(7)12)9(14)10-13-3-4-15-10/h1-5H. The van der Waals surface area contributed by atoms with Crippen LogP contribution in [-0.4, -0.2) is 10.8 Å². The van der Waals surface area contributed by atoms with E-state index in [-0.39, 0.29) is 16.4 Å². The second-order valence-electron chi connectivity index (χ2n) is 2.80. The Morgan fingerprint density at radius 3 is 2.87 bits per heavy atom. The van der Waals surface area contributed by atoms with Crippen molar-refractivity contribution in [1.29, 1.82) is 0 Å². The molecule has 0 spiro atoms. The van der Waals surface area contributed by atoms with E-state index in [0.717, 1.165) is 6.07 Å². The van der Waals surface area contributed by atoms with Gasteiger partial charge in [0.05, 0.1) is 5.02 Å². The van der Waals surface area contributed by atoms with E-state index in [1.54, 1.807) is 5.38 Å². The third-order valence-corrected chi connectivity index (χ3v) is 2.89. The summed E-state index contributed by atoms with van der Waals surface area (Å²) >= 11 is 6.73. The summed E-state index contributed by atoms with van der Waals surface area (Å²) in [5.74, 6) is -0.889. The summed E-state index contributed by atoms with van der Waals surface area (Å²) in [5, 5.41) is 2.04. The van der Waals surface area contributed by atoms with Gasteiger partial charge in [0.2, 0.25) is 5.78 Å². The average molecular weight is 242 g/mol. The van der Waals surface area contributed by atoms with E-state index in [1.165, 1.54) is 29.7 Å². The highest BCUT2D eigenvalue weighted by Crippen LogP contribution is 2.18. The van der Waals surface area contributed by atoms with Gasteiger partial charge in [0.15, 0.2) is 5.01 Å². The van der Waals surface area contributed by atoms with Gasteiger partial charge in [-0.1, -0.05) is 11.6 Å². The number of carbonyl (C=O) groups is 1. The number of benzene rings is 1. The highest BCUT2D eigenvalue weighted by molar-refractivity contribution is 7.11. The fourth-order valence-electron chi connectivity index (χ4n) is 1.10. The van der Waals surface area contributed by atoms with E-state index < -0.39 is 5.82 Å². The maximum absolute atomic E-state index is 13.1. The molecule has 0 unspecified atom stereocenters. The van der Waals surface area contributed by atoms with E-state index in [4.69, 9.17) is 11.6 Å². The predicted octanol–water partition coefficient (Wildman–Crippen LogP) is 3.17. The second kappa shape index (κ2) is 4.08. The first-order chi connectivity index (χ1) is 7.18. The van der Waals surface area contributed by atoms with Gasteiger partial charge < -0.3 is 0 Å². The van der Waals surface area contributed by atoms with Gasteiger partial charge in [0, 0.05) is 17.1 Å². The molecule has 0 aliphatic rings. The van der Waals surface area contributed by atoms with Crippen LogP contribution in [0.4, 0.5) is 4.39 Å². The number of hydrogen-bond acceptors (Lipinski definition) is 3. The summed E-state index contributed by atoms with van der Waals surface area (Å²) in [6.45, 7) is 0. The molecule has 5 heteroatoms. The number of ketones is 1. The lowest BCUT2D eigenvalue weighted by Gasteiger charge is -1.98. The number of halogens is 2. The molecule has 1 aromatic heterocycles. The van der Waals surface area contributed by atoms with Crippen LogP contribution in [-0.2, 0) is 0 Å². The minimum atomic E-state index is -0.598. The van der Waals surface area contributed by atoms with Crippen molar-refractivity contribution in [2.75, 3.05) is 0 Å². The molecule has 1 heterocycles. The van der Waals surface area contributed by atoms with Crippen LogP contribution in [0.2, 0.25) is 5.02 Å². The predicted molar refractivity (Wildman–Crippen MR) is 57.0 cm³/mol. The summed E-state index contributed by atoms with van der Waals surface area (Å²) in [7, 11) is 0. The first-order valence-electron chi connectivity index (χ1n) is 4.08. The summed E-state index contributed by atoms with van der Waals surface area (Å²) in [6, 6.07) is 3.96. The highest BCUT2D eigenvalue weighted by atomic mass is 35.5. The lowest BCUT2D eigenvalue weighted by atomic mass is 10.1. The van der Waals surface area contributed by atoms with Crippen molar-refractivity contribution in [3.63, 3.8) is 0 Å². The van der Waals surface area contributed by atoms with E-state index in [2.05, 4.69) is 4.98 Å². The molecule has 0 bridgehead atoms. The highest BCUT2D eigenvalue weighted by Gasteiger charge is 2.13. The smallest absolute Gasteiger partial charge is 0.221 e. The Balaban J connectivity index is 2.39. The van der Waals surface area contributed by atoms with Crippen LogP contribution in [0, 0.1) is 5.82 Å². The average Bonchev–Trinajstić information content (AvgIpc) is 2.74. The number of aromatic nitrogens is 1. The molecule has 0 radical (unpaired) electrons. The molecule has 76 valence electrons. The van der Waals surface area contributed by atoms with Crippen molar-refractivity contribution in [2.24, 2.45) is 0 Å². The van der Waals surface area contributed by atoms with Crippen LogP contribution in [0.25, 0.3) is 0 Å². The first kappa shape index (κ1) is 10.3. The van der Waals surface area contributed by atoms with Crippen molar-refractivity contribution in [3.05, 3.63) is 51.2 Å². The molecule has 1 aromatic carbocycles. The van der Waals surface area contributed by atoms with E-state index in [1.807, 2.05) is 0 Å². The van der Waals surface area contributed by atoms with E-state index in [9.17, 15) is 9.18 Å². The fourth-order valence-corrected chi connectivity index (χ4v) is 1.81. The lowest BCUT2D eigenvalue weighted by Crippen LogP contribution is -2.00. The maximum Gasteiger partial charge on any atom is 0.221 e. The lowest BCUT2D eigenvalue weighted by molar-refractivity contribution is 0.103. The van der Waals surface area contributed by atoms with Gasteiger partial charge in [0.1, 0.15) is 5.82 Å².